The molecule has 0 fully saturated rings. The second-order valence-corrected chi connectivity index (χ2v) is 8.10. The second kappa shape index (κ2) is 8.82. The highest BCUT2D eigenvalue weighted by Crippen LogP contribution is 2.41. The van der Waals surface area contributed by atoms with E-state index in [-0.39, 0.29) is 6.42 Å². The minimum absolute atomic E-state index is 0.100. The van der Waals surface area contributed by atoms with E-state index in [9.17, 15) is 9.90 Å². The maximum Gasteiger partial charge on any atom is 0.308 e. The number of hydrogen-bond acceptors (Lipinski definition) is 5. The van der Waals surface area contributed by atoms with Gasteiger partial charge in [0.1, 0.15) is 0 Å². The highest BCUT2D eigenvalue weighted by atomic mass is 32.1. The average Bonchev–Trinajstić information content (AvgIpc) is 3.18. The summed E-state index contributed by atoms with van der Waals surface area (Å²) < 4.78 is 0. The number of anilines is 3. The lowest BCUT2D eigenvalue weighted by Gasteiger charge is -2.22. The monoisotopic (exact) mass is 425 g/mol. The van der Waals surface area contributed by atoms with Gasteiger partial charge in [0.25, 0.3) is 0 Å². The van der Waals surface area contributed by atoms with Crippen molar-refractivity contribution in [2.24, 2.45) is 0 Å². The number of nitrogens with zero attached hydrogens (tertiary/aromatic N) is 3. The molecule has 0 saturated carbocycles. The summed E-state index contributed by atoms with van der Waals surface area (Å²) in [5.41, 5.74) is 5.01. The number of aryl methyl sites for hydroxylation is 1. The topological polar surface area (TPSA) is 77.2 Å². The predicted octanol–water partition coefficient (Wildman–Crippen LogP) is 6.09. The van der Waals surface area contributed by atoms with Crippen molar-refractivity contribution in [3.8, 4) is 17.3 Å². The van der Waals surface area contributed by atoms with Gasteiger partial charge in [0.15, 0.2) is 5.13 Å². The molecule has 1 N–H and O–H groups in total. The van der Waals surface area contributed by atoms with Crippen LogP contribution in [-0.2, 0) is 11.2 Å². The molecule has 3 aromatic carbocycles. The standard InChI is InChI=1S/C25H19N3O2S/c1-17-7-11-19(12-8-17)24-22(15-23(29)30)31-25(27-24)28(20-5-3-2-4-6-20)21-13-9-18(16-26)10-14-21/h2-14H,15H2,1H3,(H,29,30). The number of rotatable bonds is 6. The van der Waals surface area contributed by atoms with Crippen molar-refractivity contribution in [2.75, 3.05) is 4.90 Å². The molecule has 1 heterocycles. The summed E-state index contributed by atoms with van der Waals surface area (Å²) in [5.74, 6) is -0.895. The van der Waals surface area contributed by atoms with Gasteiger partial charge in [0, 0.05) is 21.8 Å². The first kappa shape index (κ1) is 20.3. The van der Waals surface area contributed by atoms with Crippen LogP contribution in [0.1, 0.15) is 16.0 Å². The third-order valence-electron chi connectivity index (χ3n) is 4.78. The summed E-state index contributed by atoms with van der Waals surface area (Å²) in [5, 5.41) is 19.3. The van der Waals surface area contributed by atoms with Crippen LogP contribution in [0.3, 0.4) is 0 Å². The van der Waals surface area contributed by atoms with Gasteiger partial charge in [0.2, 0.25) is 0 Å². The molecule has 0 saturated heterocycles. The largest absolute Gasteiger partial charge is 0.481 e. The molecule has 0 bridgehead atoms. The lowest BCUT2D eigenvalue weighted by Crippen LogP contribution is -2.09. The first-order chi connectivity index (χ1) is 15.0. The lowest BCUT2D eigenvalue weighted by molar-refractivity contribution is -0.136. The van der Waals surface area contributed by atoms with Gasteiger partial charge in [-0.05, 0) is 43.3 Å². The van der Waals surface area contributed by atoms with Crippen LogP contribution < -0.4 is 4.90 Å². The van der Waals surface area contributed by atoms with Gasteiger partial charge in [0.05, 0.1) is 23.7 Å². The van der Waals surface area contributed by atoms with Crippen molar-refractivity contribution in [3.63, 3.8) is 0 Å². The van der Waals surface area contributed by atoms with Crippen molar-refractivity contribution in [1.29, 1.82) is 5.26 Å². The number of aliphatic carboxylic acids is 1. The molecule has 152 valence electrons. The van der Waals surface area contributed by atoms with Crippen molar-refractivity contribution in [2.45, 2.75) is 13.3 Å². The summed E-state index contributed by atoms with van der Waals surface area (Å²) in [6.07, 6.45) is -0.100. The van der Waals surface area contributed by atoms with E-state index >= 15 is 0 Å². The molecular weight excluding hydrogens is 406 g/mol. The Morgan fingerprint density at radius 2 is 1.65 bits per heavy atom. The molecule has 4 rings (SSSR count). The number of aromatic nitrogens is 1. The summed E-state index contributed by atoms with van der Waals surface area (Å²) in [6.45, 7) is 2.01. The minimum Gasteiger partial charge on any atom is -0.481 e. The Kier molecular flexibility index (Phi) is 5.78. The normalized spacial score (nSPS) is 10.5. The van der Waals surface area contributed by atoms with Crippen LogP contribution in [-0.4, -0.2) is 16.1 Å². The molecule has 0 atom stereocenters. The number of hydrogen-bond donors (Lipinski definition) is 1. The quantitative estimate of drug-likeness (QED) is 0.405. The Labute approximate surface area is 184 Å². The SMILES string of the molecule is Cc1ccc(-c2nc(N(c3ccccc3)c3ccc(C#N)cc3)sc2CC(=O)O)cc1. The molecular formula is C25H19N3O2S. The van der Waals surface area contributed by atoms with Crippen LogP contribution in [0.15, 0.2) is 78.9 Å². The first-order valence-corrected chi connectivity index (χ1v) is 10.5. The zero-order chi connectivity index (χ0) is 21.8. The van der Waals surface area contributed by atoms with Crippen LogP contribution in [0.4, 0.5) is 16.5 Å². The van der Waals surface area contributed by atoms with E-state index in [4.69, 9.17) is 10.2 Å². The number of carboxylic acids is 1. The van der Waals surface area contributed by atoms with Gasteiger partial charge in [-0.15, -0.1) is 0 Å². The molecule has 0 aliphatic rings. The first-order valence-electron chi connectivity index (χ1n) is 9.69. The molecule has 5 nitrogen and oxygen atoms in total. The Bertz CT molecular complexity index is 1240. The highest BCUT2D eigenvalue weighted by Gasteiger charge is 2.21. The Morgan fingerprint density at radius 1 is 1.00 bits per heavy atom. The second-order valence-electron chi connectivity index (χ2n) is 7.03. The van der Waals surface area contributed by atoms with Gasteiger partial charge in [-0.2, -0.15) is 5.26 Å². The summed E-state index contributed by atoms with van der Waals surface area (Å²) >= 11 is 1.36. The van der Waals surface area contributed by atoms with Gasteiger partial charge in [-0.3, -0.25) is 9.69 Å². The fourth-order valence-electron chi connectivity index (χ4n) is 3.26. The lowest BCUT2D eigenvalue weighted by atomic mass is 10.1. The number of para-hydroxylation sites is 1. The number of carboxylic acid groups (broad SMARTS) is 1. The van der Waals surface area contributed by atoms with Crippen LogP contribution >= 0.6 is 11.3 Å². The molecule has 0 radical (unpaired) electrons. The number of benzene rings is 3. The van der Waals surface area contributed by atoms with Gasteiger partial charge < -0.3 is 5.11 Å². The molecule has 0 spiro atoms. The maximum absolute atomic E-state index is 11.5. The molecule has 6 heteroatoms. The van der Waals surface area contributed by atoms with E-state index in [1.165, 1.54) is 11.3 Å². The molecule has 0 aliphatic heterocycles. The molecule has 0 unspecified atom stereocenters. The van der Waals surface area contributed by atoms with E-state index in [1.807, 2.05) is 78.6 Å². The molecule has 1 aromatic heterocycles. The Balaban J connectivity index is 1.87. The van der Waals surface area contributed by atoms with Crippen molar-refractivity contribution >= 4 is 33.8 Å². The van der Waals surface area contributed by atoms with Crippen molar-refractivity contribution < 1.29 is 9.90 Å². The van der Waals surface area contributed by atoms with E-state index in [1.54, 1.807) is 12.1 Å². The molecule has 4 aromatic rings. The van der Waals surface area contributed by atoms with E-state index in [2.05, 4.69) is 6.07 Å². The third kappa shape index (κ3) is 4.47. The number of thiazole rings is 1. The van der Waals surface area contributed by atoms with E-state index in [0.717, 1.165) is 22.5 Å². The van der Waals surface area contributed by atoms with Gasteiger partial charge in [-0.25, -0.2) is 4.98 Å². The van der Waals surface area contributed by atoms with Crippen LogP contribution in [0.2, 0.25) is 0 Å². The Hall–Kier alpha value is -3.95. The third-order valence-corrected chi connectivity index (χ3v) is 5.82. The molecule has 0 amide bonds. The van der Waals surface area contributed by atoms with E-state index in [0.29, 0.717) is 21.3 Å². The molecule has 0 aliphatic carbocycles. The Morgan fingerprint density at radius 3 is 2.26 bits per heavy atom. The van der Waals surface area contributed by atoms with Crippen molar-refractivity contribution in [3.05, 3.63) is 94.9 Å². The number of nitriles is 1. The fourth-order valence-corrected chi connectivity index (χ4v) is 4.38. The molecule has 31 heavy (non-hydrogen) atoms. The van der Waals surface area contributed by atoms with Crippen LogP contribution in [0.5, 0.6) is 0 Å². The summed E-state index contributed by atoms with van der Waals surface area (Å²) in [4.78, 5) is 19.1. The number of carbonyl (C=O) groups is 1. The summed E-state index contributed by atoms with van der Waals surface area (Å²) in [7, 11) is 0. The minimum atomic E-state index is -0.895. The zero-order valence-electron chi connectivity index (χ0n) is 16.8. The summed E-state index contributed by atoms with van der Waals surface area (Å²) in [6, 6.07) is 27.1. The van der Waals surface area contributed by atoms with Crippen LogP contribution in [0.25, 0.3) is 11.3 Å². The van der Waals surface area contributed by atoms with Gasteiger partial charge >= 0.3 is 5.97 Å². The highest BCUT2D eigenvalue weighted by molar-refractivity contribution is 7.16. The average molecular weight is 426 g/mol. The van der Waals surface area contributed by atoms with Gasteiger partial charge in [-0.1, -0.05) is 59.4 Å². The predicted molar refractivity (Wildman–Crippen MR) is 123 cm³/mol. The van der Waals surface area contributed by atoms with Crippen molar-refractivity contribution in [1.82, 2.24) is 4.98 Å². The van der Waals surface area contributed by atoms with Crippen LogP contribution in [0, 0.1) is 18.3 Å². The smallest absolute Gasteiger partial charge is 0.308 e. The maximum atomic E-state index is 11.5. The zero-order valence-corrected chi connectivity index (χ0v) is 17.6. The fraction of sp³-hybridized carbons (Fsp3) is 0.0800. The van der Waals surface area contributed by atoms with E-state index < -0.39 is 5.97 Å².